The highest BCUT2D eigenvalue weighted by Crippen LogP contribution is 2.30. The number of hydrogen-bond donors (Lipinski definition) is 2. The van der Waals surface area contributed by atoms with Crippen LogP contribution in [0.3, 0.4) is 0 Å². The number of urea groups is 1. The Morgan fingerprint density at radius 1 is 1.14 bits per heavy atom. The van der Waals surface area contributed by atoms with Gasteiger partial charge in [0.1, 0.15) is 0 Å². The Balaban J connectivity index is 1.48. The van der Waals surface area contributed by atoms with Gasteiger partial charge in [0, 0.05) is 61.2 Å². The van der Waals surface area contributed by atoms with Crippen molar-refractivity contribution >= 4 is 33.9 Å². The number of fused-ring (bicyclic) bond motifs is 1. The number of hydrogen-bond acceptors (Lipinski definition) is 2. The third-order valence-corrected chi connectivity index (χ3v) is 5.46. The number of carbonyl (C=O) groups is 1. The number of benzene rings is 2. The number of aromatic amines is 1. The second-order valence-corrected chi connectivity index (χ2v) is 7.45. The second-order valence-electron chi connectivity index (χ2n) is 7.45. The molecule has 3 aromatic rings. The molecule has 4 rings (SSSR count). The number of amides is 2. The first kappa shape index (κ1) is 18.2. The molecule has 5 heteroatoms. The van der Waals surface area contributed by atoms with Crippen LogP contribution in [0.1, 0.15) is 17.5 Å². The molecule has 0 unspecified atom stereocenters. The Labute approximate surface area is 165 Å². The van der Waals surface area contributed by atoms with Gasteiger partial charge in [-0.15, -0.1) is 0 Å². The molecule has 144 valence electrons. The third kappa shape index (κ3) is 3.36. The number of nitrogens with zero attached hydrogens (tertiary/aromatic N) is 2. The Kier molecular flexibility index (Phi) is 4.82. The van der Waals surface area contributed by atoms with E-state index >= 15 is 0 Å². The summed E-state index contributed by atoms with van der Waals surface area (Å²) < 4.78 is 0. The predicted molar refractivity (Wildman–Crippen MR) is 117 cm³/mol. The lowest BCUT2D eigenvalue weighted by Gasteiger charge is -2.27. The smallest absolute Gasteiger partial charge is 0.322 e. The van der Waals surface area contributed by atoms with Gasteiger partial charge in [-0.3, -0.25) is 0 Å². The van der Waals surface area contributed by atoms with Crippen LogP contribution in [-0.4, -0.2) is 43.1 Å². The van der Waals surface area contributed by atoms with Crippen LogP contribution in [0.5, 0.6) is 0 Å². The molecule has 0 fully saturated rings. The molecule has 2 aromatic carbocycles. The number of H-pyrrole nitrogens is 1. The van der Waals surface area contributed by atoms with Gasteiger partial charge in [0.15, 0.2) is 0 Å². The van der Waals surface area contributed by atoms with Gasteiger partial charge in [-0.25, -0.2) is 4.79 Å². The summed E-state index contributed by atoms with van der Waals surface area (Å²) in [6, 6.07) is 14.3. The summed E-state index contributed by atoms with van der Waals surface area (Å²) in [5.41, 5.74) is 6.74. The summed E-state index contributed by atoms with van der Waals surface area (Å²) in [6.07, 6.45) is 5.09. The molecular formula is C23H26N4O. The van der Waals surface area contributed by atoms with Crippen LogP contribution >= 0.6 is 0 Å². The number of rotatable bonds is 3. The lowest BCUT2D eigenvalue weighted by Crippen LogP contribution is -2.38. The minimum absolute atomic E-state index is 0.0479. The third-order valence-electron chi connectivity index (χ3n) is 5.46. The minimum atomic E-state index is -0.0479. The number of carbonyl (C=O) groups excluding carboxylic acids is 1. The van der Waals surface area contributed by atoms with Crippen molar-refractivity contribution in [2.24, 2.45) is 0 Å². The van der Waals surface area contributed by atoms with Crippen molar-refractivity contribution in [2.75, 3.05) is 37.4 Å². The molecule has 1 aliphatic rings. The highest BCUT2D eigenvalue weighted by Gasteiger charge is 2.20. The molecule has 2 N–H and O–H groups in total. The van der Waals surface area contributed by atoms with Crippen LogP contribution in [0.2, 0.25) is 0 Å². The van der Waals surface area contributed by atoms with E-state index in [4.69, 9.17) is 0 Å². The van der Waals surface area contributed by atoms with E-state index in [0.29, 0.717) is 13.1 Å². The molecule has 1 aromatic heterocycles. The van der Waals surface area contributed by atoms with Crippen LogP contribution in [0.15, 0.2) is 54.7 Å². The molecule has 0 atom stereocenters. The SMILES string of the molecule is Cc1c(NC(=O)N2CC=C(c3c[nH]c4ccccc34)CC2)cccc1N(C)C. The van der Waals surface area contributed by atoms with Gasteiger partial charge < -0.3 is 20.1 Å². The van der Waals surface area contributed by atoms with Crippen molar-refractivity contribution in [3.8, 4) is 0 Å². The first-order valence-corrected chi connectivity index (χ1v) is 9.63. The van der Waals surface area contributed by atoms with E-state index in [1.54, 1.807) is 0 Å². The lowest BCUT2D eigenvalue weighted by molar-refractivity contribution is 0.217. The Bertz CT molecular complexity index is 1050. The van der Waals surface area contributed by atoms with Crippen molar-refractivity contribution in [3.05, 3.63) is 65.9 Å². The van der Waals surface area contributed by atoms with E-state index in [1.807, 2.05) is 44.1 Å². The predicted octanol–water partition coefficient (Wildman–Crippen LogP) is 4.86. The lowest BCUT2D eigenvalue weighted by atomic mass is 9.99. The Hall–Kier alpha value is -3.21. The van der Waals surface area contributed by atoms with Crippen LogP contribution in [0.4, 0.5) is 16.2 Å². The maximum absolute atomic E-state index is 12.8. The van der Waals surface area contributed by atoms with Crippen LogP contribution < -0.4 is 10.2 Å². The zero-order valence-electron chi connectivity index (χ0n) is 16.6. The number of anilines is 2. The molecule has 0 saturated heterocycles. The second kappa shape index (κ2) is 7.43. The van der Waals surface area contributed by atoms with E-state index in [0.717, 1.165) is 28.9 Å². The maximum Gasteiger partial charge on any atom is 0.322 e. The average Bonchev–Trinajstić information content (AvgIpc) is 3.13. The summed E-state index contributed by atoms with van der Waals surface area (Å²) >= 11 is 0. The quantitative estimate of drug-likeness (QED) is 0.688. The summed E-state index contributed by atoms with van der Waals surface area (Å²) in [5, 5.41) is 4.32. The molecular weight excluding hydrogens is 348 g/mol. The summed E-state index contributed by atoms with van der Waals surface area (Å²) in [7, 11) is 4.02. The molecule has 0 radical (unpaired) electrons. The zero-order chi connectivity index (χ0) is 19.7. The maximum atomic E-state index is 12.8. The van der Waals surface area contributed by atoms with Crippen molar-refractivity contribution in [1.29, 1.82) is 0 Å². The van der Waals surface area contributed by atoms with Gasteiger partial charge >= 0.3 is 6.03 Å². The Morgan fingerprint density at radius 3 is 2.71 bits per heavy atom. The normalized spacial score (nSPS) is 14.1. The summed E-state index contributed by atoms with van der Waals surface area (Å²) in [4.78, 5) is 20.0. The van der Waals surface area contributed by atoms with Gasteiger partial charge in [-0.2, -0.15) is 0 Å². The van der Waals surface area contributed by atoms with Gasteiger partial charge in [0.25, 0.3) is 0 Å². The molecule has 28 heavy (non-hydrogen) atoms. The fraction of sp³-hybridized carbons (Fsp3) is 0.261. The monoisotopic (exact) mass is 374 g/mol. The highest BCUT2D eigenvalue weighted by atomic mass is 16.2. The summed E-state index contributed by atoms with van der Waals surface area (Å²) in [6.45, 7) is 3.37. The largest absolute Gasteiger partial charge is 0.377 e. The topological polar surface area (TPSA) is 51.4 Å². The first-order valence-electron chi connectivity index (χ1n) is 9.63. The Morgan fingerprint density at radius 2 is 1.96 bits per heavy atom. The number of nitrogens with one attached hydrogen (secondary N) is 2. The van der Waals surface area contributed by atoms with Crippen LogP contribution in [-0.2, 0) is 0 Å². The molecule has 0 spiro atoms. The van der Waals surface area contributed by atoms with Crippen molar-refractivity contribution in [2.45, 2.75) is 13.3 Å². The van der Waals surface area contributed by atoms with E-state index in [9.17, 15) is 4.79 Å². The number of aromatic nitrogens is 1. The molecule has 2 heterocycles. The zero-order valence-corrected chi connectivity index (χ0v) is 16.6. The summed E-state index contributed by atoms with van der Waals surface area (Å²) in [5.74, 6) is 0. The van der Waals surface area contributed by atoms with Crippen molar-refractivity contribution < 1.29 is 4.79 Å². The van der Waals surface area contributed by atoms with Crippen LogP contribution in [0.25, 0.3) is 16.5 Å². The average molecular weight is 374 g/mol. The minimum Gasteiger partial charge on any atom is -0.377 e. The molecule has 0 bridgehead atoms. The van der Waals surface area contributed by atoms with E-state index in [2.05, 4.69) is 51.7 Å². The van der Waals surface area contributed by atoms with E-state index in [1.165, 1.54) is 16.5 Å². The molecule has 2 amide bonds. The fourth-order valence-corrected chi connectivity index (χ4v) is 3.87. The standard InChI is InChI=1S/C23H26N4O/c1-16-20(9-6-10-22(16)26(2)3)25-23(28)27-13-11-17(12-14-27)19-15-24-21-8-5-4-7-18(19)21/h4-11,15,24H,12-14H2,1-3H3,(H,25,28). The van der Waals surface area contributed by atoms with E-state index in [-0.39, 0.29) is 6.03 Å². The van der Waals surface area contributed by atoms with E-state index < -0.39 is 0 Å². The van der Waals surface area contributed by atoms with Crippen LogP contribution in [0, 0.1) is 6.92 Å². The highest BCUT2D eigenvalue weighted by molar-refractivity contribution is 5.94. The fourth-order valence-electron chi connectivity index (χ4n) is 3.87. The molecule has 1 aliphatic heterocycles. The van der Waals surface area contributed by atoms with Gasteiger partial charge in [0.05, 0.1) is 0 Å². The molecule has 0 saturated carbocycles. The molecule has 0 aliphatic carbocycles. The first-order chi connectivity index (χ1) is 13.5. The van der Waals surface area contributed by atoms with Gasteiger partial charge in [-0.1, -0.05) is 30.3 Å². The number of para-hydroxylation sites is 1. The van der Waals surface area contributed by atoms with Crippen molar-refractivity contribution in [1.82, 2.24) is 9.88 Å². The van der Waals surface area contributed by atoms with Gasteiger partial charge in [-0.05, 0) is 42.7 Å². The molecule has 5 nitrogen and oxygen atoms in total. The van der Waals surface area contributed by atoms with Crippen molar-refractivity contribution in [3.63, 3.8) is 0 Å². The van der Waals surface area contributed by atoms with Gasteiger partial charge in [0.2, 0.25) is 0 Å².